The number of aliphatic imine (C=N–C) groups is 2. The number of hydrogen-bond acceptors (Lipinski definition) is 5. The van der Waals surface area contributed by atoms with Gasteiger partial charge in [0.2, 0.25) is 0 Å². The summed E-state index contributed by atoms with van der Waals surface area (Å²) in [5.74, 6) is -0.436. The highest BCUT2D eigenvalue weighted by atomic mass is 35.5. The van der Waals surface area contributed by atoms with Crippen molar-refractivity contribution in [2.45, 2.75) is 38.9 Å². The third-order valence-corrected chi connectivity index (χ3v) is 3.67. The molecule has 8 heteroatoms. The van der Waals surface area contributed by atoms with Crippen molar-refractivity contribution in [3.8, 4) is 0 Å². The van der Waals surface area contributed by atoms with Crippen molar-refractivity contribution in [2.75, 3.05) is 48.4 Å². The van der Waals surface area contributed by atoms with E-state index in [2.05, 4.69) is 63.4 Å². The number of carbonyl (C=O) groups is 2. The van der Waals surface area contributed by atoms with Crippen molar-refractivity contribution in [3.63, 3.8) is 0 Å². The normalized spacial score (nSPS) is 11.8. The maximum absolute atomic E-state index is 12.2. The van der Waals surface area contributed by atoms with E-state index >= 15 is 0 Å². The number of carbonyl (C=O) groups excluding carboxylic acids is 2. The summed E-state index contributed by atoms with van der Waals surface area (Å²) in [4.78, 5) is 31.8. The van der Waals surface area contributed by atoms with Gasteiger partial charge in [-0.3, -0.25) is 0 Å². The van der Waals surface area contributed by atoms with Gasteiger partial charge in [0.1, 0.15) is 32.0 Å². The van der Waals surface area contributed by atoms with Gasteiger partial charge in [0.15, 0.2) is 5.54 Å². The number of nitrogens with zero attached hydrogens (tertiary/aromatic N) is 3. The Kier molecular flexibility index (Phi) is 14.9. The van der Waals surface area contributed by atoms with Crippen LogP contribution in [0.5, 0.6) is 0 Å². The fourth-order valence-corrected chi connectivity index (χ4v) is 2.04. The van der Waals surface area contributed by atoms with E-state index in [4.69, 9.17) is 4.74 Å². The minimum atomic E-state index is -1.08. The monoisotopic (exact) mass is 441 g/mol. The largest absolute Gasteiger partial charge is 1.00 e. The Morgan fingerprint density at radius 3 is 2.27 bits per heavy atom. The molecule has 0 heterocycles. The smallest absolute Gasteiger partial charge is 0.334 e. The van der Waals surface area contributed by atoms with E-state index in [-0.39, 0.29) is 12.4 Å². The minimum absolute atomic E-state index is 0. The van der Waals surface area contributed by atoms with E-state index in [1.54, 1.807) is 20.8 Å². The highest BCUT2D eigenvalue weighted by molar-refractivity contribution is 5.81. The lowest BCUT2D eigenvalue weighted by Crippen LogP contribution is -3.02. The van der Waals surface area contributed by atoms with Crippen LogP contribution in [0.25, 0.3) is 0 Å². The van der Waals surface area contributed by atoms with Crippen LogP contribution in [-0.2, 0) is 20.9 Å². The summed E-state index contributed by atoms with van der Waals surface area (Å²) < 4.78 is 6.07. The van der Waals surface area contributed by atoms with Crippen molar-refractivity contribution in [3.05, 3.63) is 35.9 Å². The van der Waals surface area contributed by atoms with Crippen LogP contribution in [-0.4, -0.2) is 82.7 Å². The van der Waals surface area contributed by atoms with Crippen LogP contribution in [0.4, 0.5) is 0 Å². The average molecular weight is 442 g/mol. The van der Waals surface area contributed by atoms with Gasteiger partial charge in [0.05, 0.1) is 41.2 Å². The molecule has 7 nitrogen and oxygen atoms in total. The molecule has 0 spiro atoms. The molecular formula is C22H38ClN4O3+. The molecule has 30 heavy (non-hydrogen) atoms. The quantitative estimate of drug-likeness (QED) is 0.211. The summed E-state index contributed by atoms with van der Waals surface area (Å²) in [7, 11) is 10.4. The molecular weight excluding hydrogens is 404 g/mol. The molecule has 0 amide bonds. The van der Waals surface area contributed by atoms with Crippen molar-refractivity contribution in [1.82, 2.24) is 0 Å². The minimum Gasteiger partial charge on any atom is -1.00 e. The molecule has 0 radical (unpaired) electrons. The van der Waals surface area contributed by atoms with E-state index in [1.165, 1.54) is 10.5 Å². The molecule has 1 aromatic rings. The fraction of sp³-hybridized carbons (Fsp3) is 0.591. The van der Waals surface area contributed by atoms with Crippen molar-refractivity contribution < 1.29 is 36.1 Å². The maximum atomic E-state index is 12.2. The summed E-state index contributed by atoms with van der Waals surface area (Å²) in [5, 5.41) is 0. The first-order valence-electron chi connectivity index (χ1n) is 9.81. The Bertz CT molecular complexity index is 682. The first-order valence-corrected chi connectivity index (χ1v) is 9.81. The number of aldehydes is 1. The highest BCUT2D eigenvalue weighted by Crippen LogP contribution is 2.12. The Hall–Kier alpha value is -2.05. The van der Waals surface area contributed by atoms with Crippen molar-refractivity contribution >= 4 is 18.3 Å². The Morgan fingerprint density at radius 1 is 1.23 bits per heavy atom. The van der Waals surface area contributed by atoms with Crippen LogP contribution < -0.4 is 17.3 Å². The van der Waals surface area contributed by atoms with E-state index < -0.39 is 17.6 Å². The summed E-state index contributed by atoms with van der Waals surface area (Å²) in [6.07, 6.45) is 0.681. The number of rotatable bonds is 9. The number of halogens is 1. The predicted octanol–water partition coefficient (Wildman–Crippen LogP) is -1.89. The Balaban J connectivity index is 0. The molecule has 1 unspecified atom stereocenters. The molecule has 0 aliphatic rings. The molecule has 170 valence electrons. The van der Waals surface area contributed by atoms with Gasteiger partial charge >= 0.3 is 5.97 Å². The molecule has 0 aliphatic heterocycles. The number of ether oxygens (including phenoxy) is 1. The van der Waals surface area contributed by atoms with Gasteiger partial charge in [0, 0.05) is 5.56 Å². The zero-order valence-electron chi connectivity index (χ0n) is 19.6. The zero-order chi connectivity index (χ0) is 22.5. The number of quaternary nitrogens is 2. The number of likely N-dealkylation sites (N-methyl/N-ethyl adjacent to an activating group) is 1. The molecule has 1 N–H and O–H groups in total. The summed E-state index contributed by atoms with van der Waals surface area (Å²) in [5.41, 5.74) is 0.159. The van der Waals surface area contributed by atoms with Crippen LogP contribution in [0.3, 0.4) is 0 Å². The number of hydrogen-bond donors (Lipinski definition) is 1. The van der Waals surface area contributed by atoms with Gasteiger partial charge < -0.3 is 31.3 Å². The van der Waals surface area contributed by atoms with Crippen LogP contribution in [0.1, 0.15) is 26.3 Å². The summed E-state index contributed by atoms with van der Waals surface area (Å²) >= 11 is 0. The molecule has 1 rings (SSSR count). The average Bonchev–Trinajstić information content (AvgIpc) is 2.61. The summed E-state index contributed by atoms with van der Waals surface area (Å²) in [6.45, 7) is 6.74. The van der Waals surface area contributed by atoms with Gasteiger partial charge in [-0.15, -0.1) is 0 Å². The SMILES string of the molecule is CC(C=O)N=C=NC(C)(C)C(=O)OCC[N+](C)(C)Cc1ccccc1.C[NH+](C)C.[Cl-]. The second-order valence-corrected chi connectivity index (χ2v) is 8.72. The van der Waals surface area contributed by atoms with Gasteiger partial charge in [-0.1, -0.05) is 30.3 Å². The van der Waals surface area contributed by atoms with E-state index in [0.29, 0.717) is 23.9 Å². The lowest BCUT2D eigenvalue weighted by molar-refractivity contribution is -0.903. The van der Waals surface area contributed by atoms with Crippen LogP contribution in [0.2, 0.25) is 0 Å². The van der Waals surface area contributed by atoms with Crippen molar-refractivity contribution in [2.24, 2.45) is 9.98 Å². The van der Waals surface area contributed by atoms with E-state index in [0.717, 1.165) is 6.54 Å². The third kappa shape index (κ3) is 14.9. The predicted molar refractivity (Wildman–Crippen MR) is 116 cm³/mol. The Morgan fingerprint density at radius 2 is 1.77 bits per heavy atom. The maximum Gasteiger partial charge on any atom is 0.334 e. The highest BCUT2D eigenvalue weighted by Gasteiger charge is 2.29. The van der Waals surface area contributed by atoms with Crippen molar-refractivity contribution in [1.29, 1.82) is 0 Å². The van der Waals surface area contributed by atoms with Crippen LogP contribution >= 0.6 is 0 Å². The number of nitrogens with one attached hydrogen (secondary N) is 1. The van der Waals surface area contributed by atoms with Gasteiger partial charge in [-0.2, -0.15) is 0 Å². The van der Waals surface area contributed by atoms with Crippen LogP contribution in [0, 0.1) is 0 Å². The molecule has 0 aliphatic carbocycles. The number of esters is 1. The molecule has 0 fully saturated rings. The third-order valence-electron chi connectivity index (χ3n) is 3.67. The summed E-state index contributed by atoms with van der Waals surface area (Å²) in [6, 6.07) is 12.1. The first-order chi connectivity index (χ1) is 13.4. The molecule has 0 bridgehead atoms. The van der Waals surface area contributed by atoms with Gasteiger partial charge in [-0.25, -0.2) is 14.8 Å². The van der Waals surface area contributed by atoms with Gasteiger partial charge in [-0.05, 0) is 20.8 Å². The first kappa shape index (κ1) is 30.1. The molecule has 0 aromatic heterocycles. The lowest BCUT2D eigenvalue weighted by atomic mass is 10.1. The van der Waals surface area contributed by atoms with Gasteiger partial charge in [0.25, 0.3) is 0 Å². The topological polar surface area (TPSA) is 72.5 Å². The molecule has 1 aromatic carbocycles. The van der Waals surface area contributed by atoms with E-state index in [9.17, 15) is 9.59 Å². The zero-order valence-corrected chi connectivity index (χ0v) is 20.4. The molecule has 1 atom stereocenters. The van der Waals surface area contributed by atoms with Crippen LogP contribution in [0.15, 0.2) is 40.3 Å². The standard InChI is InChI=1S/C19H28N3O3.C3H9N.ClH/c1-16(14-23)20-15-21-19(2,3)18(24)25-12-11-22(4,5)13-17-9-7-6-8-10-17;1-4(2)3;/h6-10,14,16H,11-13H2,1-5H3;1-3H3;1H/q+1;;. The second-order valence-electron chi connectivity index (χ2n) is 8.72. The van der Waals surface area contributed by atoms with E-state index in [1.807, 2.05) is 18.2 Å². The Labute approximate surface area is 187 Å². The lowest BCUT2D eigenvalue weighted by Gasteiger charge is -2.30. The fourth-order valence-electron chi connectivity index (χ4n) is 2.04. The number of benzene rings is 1. The molecule has 0 saturated heterocycles. The molecule has 0 saturated carbocycles. The second kappa shape index (κ2) is 14.9.